The van der Waals surface area contributed by atoms with Crippen LogP contribution in [0.1, 0.15) is 24.2 Å². The van der Waals surface area contributed by atoms with E-state index in [4.69, 9.17) is 9.47 Å². The van der Waals surface area contributed by atoms with E-state index in [1.165, 1.54) is 33.5 Å². The molecule has 0 radical (unpaired) electrons. The summed E-state index contributed by atoms with van der Waals surface area (Å²) in [5, 5.41) is 0. The number of ether oxygens (including phenoxy) is 2. The minimum atomic E-state index is -3.76. The van der Waals surface area contributed by atoms with Crippen molar-refractivity contribution in [3.8, 4) is 0 Å². The van der Waals surface area contributed by atoms with Crippen molar-refractivity contribution in [1.82, 2.24) is 9.21 Å². The molecule has 0 spiro atoms. The minimum Gasteiger partial charge on any atom is -0.452 e. The van der Waals surface area contributed by atoms with Crippen molar-refractivity contribution in [3.05, 3.63) is 29.8 Å². The van der Waals surface area contributed by atoms with Crippen molar-refractivity contribution in [2.45, 2.75) is 31.0 Å². The Morgan fingerprint density at radius 1 is 1.23 bits per heavy atom. The van der Waals surface area contributed by atoms with Gasteiger partial charge >= 0.3 is 5.97 Å². The molecule has 1 aliphatic heterocycles. The van der Waals surface area contributed by atoms with Crippen molar-refractivity contribution in [1.29, 1.82) is 0 Å². The van der Waals surface area contributed by atoms with E-state index >= 15 is 0 Å². The van der Waals surface area contributed by atoms with Gasteiger partial charge in [-0.05, 0) is 32.0 Å². The fourth-order valence-electron chi connectivity index (χ4n) is 2.60. The van der Waals surface area contributed by atoms with Crippen LogP contribution < -0.4 is 0 Å². The van der Waals surface area contributed by atoms with E-state index in [0.29, 0.717) is 0 Å². The van der Waals surface area contributed by atoms with Crippen LogP contribution in [-0.4, -0.2) is 75.5 Å². The van der Waals surface area contributed by atoms with Crippen LogP contribution in [0.5, 0.6) is 0 Å². The van der Waals surface area contributed by atoms with Gasteiger partial charge in [-0.15, -0.1) is 0 Å². The first-order valence-electron chi connectivity index (χ1n) is 8.24. The molecule has 144 valence electrons. The van der Waals surface area contributed by atoms with E-state index in [1.54, 1.807) is 14.1 Å². The maximum atomic E-state index is 12.9. The second-order valence-corrected chi connectivity index (χ2v) is 8.41. The highest BCUT2D eigenvalue weighted by Gasteiger charge is 2.32. The SMILES string of the molecule is C[C@@H]1CN(S(=O)(=O)c2cccc(C(=O)OCC(=O)N(C)C)c2)C[C@H](C)O1. The second kappa shape index (κ2) is 8.15. The molecule has 0 saturated carbocycles. The highest BCUT2D eigenvalue weighted by Crippen LogP contribution is 2.22. The molecule has 9 heteroatoms. The summed E-state index contributed by atoms with van der Waals surface area (Å²) in [6.45, 7) is 3.72. The summed E-state index contributed by atoms with van der Waals surface area (Å²) in [4.78, 5) is 24.9. The lowest BCUT2D eigenvalue weighted by molar-refractivity contribution is -0.131. The molecule has 1 fully saturated rings. The molecular formula is C17H24N2O6S. The van der Waals surface area contributed by atoms with E-state index in [0.717, 1.165) is 0 Å². The Bertz CT molecular complexity index is 767. The van der Waals surface area contributed by atoms with Gasteiger partial charge in [0.1, 0.15) is 0 Å². The zero-order chi connectivity index (χ0) is 19.5. The first-order chi connectivity index (χ1) is 12.1. The van der Waals surface area contributed by atoms with Gasteiger partial charge in [-0.2, -0.15) is 4.31 Å². The Hall–Kier alpha value is -1.97. The largest absolute Gasteiger partial charge is 0.452 e. The Morgan fingerprint density at radius 3 is 2.42 bits per heavy atom. The Morgan fingerprint density at radius 2 is 1.85 bits per heavy atom. The third-order valence-corrected chi connectivity index (χ3v) is 5.75. The van der Waals surface area contributed by atoms with Crippen LogP contribution in [0.15, 0.2) is 29.2 Å². The zero-order valence-corrected chi connectivity index (χ0v) is 16.2. The molecule has 2 rings (SSSR count). The molecule has 1 saturated heterocycles. The number of amides is 1. The molecule has 0 N–H and O–H groups in total. The van der Waals surface area contributed by atoms with Gasteiger partial charge in [-0.1, -0.05) is 6.07 Å². The van der Waals surface area contributed by atoms with Gasteiger partial charge in [-0.25, -0.2) is 13.2 Å². The fraction of sp³-hybridized carbons (Fsp3) is 0.529. The van der Waals surface area contributed by atoms with Crippen LogP contribution in [-0.2, 0) is 24.3 Å². The fourth-order valence-corrected chi connectivity index (χ4v) is 4.24. The maximum Gasteiger partial charge on any atom is 0.338 e. The predicted molar refractivity (Wildman–Crippen MR) is 94.2 cm³/mol. The third kappa shape index (κ3) is 4.80. The molecule has 0 aromatic heterocycles. The topological polar surface area (TPSA) is 93.2 Å². The van der Waals surface area contributed by atoms with Crippen molar-refractivity contribution in [2.75, 3.05) is 33.8 Å². The normalized spacial score (nSPS) is 21.2. The van der Waals surface area contributed by atoms with E-state index in [-0.39, 0.29) is 41.7 Å². The number of esters is 1. The Balaban J connectivity index is 2.17. The number of benzene rings is 1. The summed E-state index contributed by atoms with van der Waals surface area (Å²) in [7, 11) is -0.660. The number of morpholine rings is 1. The summed E-state index contributed by atoms with van der Waals surface area (Å²) >= 11 is 0. The highest BCUT2D eigenvalue weighted by molar-refractivity contribution is 7.89. The number of nitrogens with zero attached hydrogens (tertiary/aromatic N) is 2. The quantitative estimate of drug-likeness (QED) is 0.695. The lowest BCUT2D eigenvalue weighted by atomic mass is 10.2. The average Bonchev–Trinajstić information content (AvgIpc) is 2.58. The molecule has 1 aromatic rings. The molecule has 0 aliphatic carbocycles. The summed E-state index contributed by atoms with van der Waals surface area (Å²) in [5.74, 6) is -1.11. The lowest BCUT2D eigenvalue weighted by Crippen LogP contribution is -2.48. The number of rotatable bonds is 5. The van der Waals surface area contributed by atoms with E-state index in [1.807, 2.05) is 13.8 Å². The number of likely N-dealkylation sites (N-methyl/N-ethyl adjacent to an activating group) is 1. The van der Waals surface area contributed by atoms with E-state index in [9.17, 15) is 18.0 Å². The Kier molecular flexibility index (Phi) is 6.38. The molecule has 1 heterocycles. The molecule has 1 aliphatic rings. The van der Waals surface area contributed by atoms with Crippen molar-refractivity contribution >= 4 is 21.9 Å². The molecular weight excluding hydrogens is 360 g/mol. The predicted octanol–water partition coefficient (Wildman–Crippen LogP) is 0.730. The number of hydrogen-bond donors (Lipinski definition) is 0. The summed E-state index contributed by atoms with van der Waals surface area (Å²) in [6, 6.07) is 5.63. The molecule has 26 heavy (non-hydrogen) atoms. The monoisotopic (exact) mass is 384 g/mol. The van der Waals surface area contributed by atoms with Gasteiger partial charge in [0.2, 0.25) is 10.0 Å². The van der Waals surface area contributed by atoms with E-state index in [2.05, 4.69) is 0 Å². The molecule has 1 aromatic carbocycles. The van der Waals surface area contributed by atoms with Gasteiger partial charge in [0, 0.05) is 27.2 Å². The zero-order valence-electron chi connectivity index (χ0n) is 15.3. The summed E-state index contributed by atoms with van der Waals surface area (Å²) < 4.78 is 37.6. The smallest absolute Gasteiger partial charge is 0.338 e. The van der Waals surface area contributed by atoms with Gasteiger partial charge in [-0.3, -0.25) is 4.79 Å². The summed E-state index contributed by atoms with van der Waals surface area (Å²) in [6.07, 6.45) is -0.419. The molecule has 1 amide bonds. The molecule has 8 nitrogen and oxygen atoms in total. The van der Waals surface area contributed by atoms with Gasteiger partial charge < -0.3 is 14.4 Å². The maximum absolute atomic E-state index is 12.9. The number of carbonyl (C=O) groups is 2. The molecule has 0 bridgehead atoms. The lowest BCUT2D eigenvalue weighted by Gasteiger charge is -2.34. The Labute approximate surface area is 153 Å². The van der Waals surface area contributed by atoms with E-state index < -0.39 is 22.6 Å². The first kappa shape index (κ1) is 20.3. The van der Waals surface area contributed by atoms with Crippen LogP contribution in [0.25, 0.3) is 0 Å². The molecule has 0 unspecified atom stereocenters. The first-order valence-corrected chi connectivity index (χ1v) is 9.68. The minimum absolute atomic E-state index is 0.00665. The van der Waals surface area contributed by atoms with Crippen LogP contribution in [0.3, 0.4) is 0 Å². The second-order valence-electron chi connectivity index (χ2n) is 6.47. The van der Waals surface area contributed by atoms with Crippen LogP contribution in [0.2, 0.25) is 0 Å². The van der Waals surface area contributed by atoms with Crippen LogP contribution in [0.4, 0.5) is 0 Å². The molecule has 2 atom stereocenters. The number of carbonyl (C=O) groups excluding carboxylic acids is 2. The van der Waals surface area contributed by atoms with Crippen LogP contribution in [0, 0.1) is 0 Å². The number of hydrogen-bond acceptors (Lipinski definition) is 6. The average molecular weight is 384 g/mol. The summed E-state index contributed by atoms with van der Waals surface area (Å²) in [5.41, 5.74) is 0.0759. The van der Waals surface area contributed by atoms with Crippen molar-refractivity contribution < 1.29 is 27.5 Å². The number of sulfonamides is 1. The standard InChI is InChI=1S/C17H24N2O6S/c1-12-9-19(10-13(2)25-12)26(22,23)15-7-5-6-14(8-15)17(21)24-11-16(20)18(3)4/h5-8,12-13H,9-11H2,1-4H3/t12-,13+. The van der Waals surface area contributed by atoms with Gasteiger partial charge in [0.15, 0.2) is 6.61 Å². The van der Waals surface area contributed by atoms with Crippen molar-refractivity contribution in [3.63, 3.8) is 0 Å². The van der Waals surface area contributed by atoms with Gasteiger partial charge in [0.05, 0.1) is 22.7 Å². The van der Waals surface area contributed by atoms with Gasteiger partial charge in [0.25, 0.3) is 5.91 Å². The third-order valence-electron chi connectivity index (χ3n) is 3.92. The van der Waals surface area contributed by atoms with Crippen molar-refractivity contribution in [2.24, 2.45) is 0 Å². The highest BCUT2D eigenvalue weighted by atomic mass is 32.2. The van der Waals surface area contributed by atoms with Crippen LogP contribution >= 0.6 is 0 Å².